The number of sulfonamides is 1. The Morgan fingerprint density at radius 3 is 2.60 bits per heavy atom. The van der Waals surface area contributed by atoms with Gasteiger partial charge in [0.1, 0.15) is 4.90 Å². The molecule has 0 unspecified atom stereocenters. The molecule has 0 aliphatic rings. The molecule has 0 fully saturated rings. The number of aryl methyl sites for hydroxylation is 1. The van der Waals surface area contributed by atoms with Crippen molar-refractivity contribution in [2.75, 3.05) is 10.5 Å². The SMILES string of the molecule is Cc1cccc(NS(=O)(=O)c2ccc(N)cc2Cl)c1Br. The Labute approximate surface area is 131 Å². The number of nitrogens with one attached hydrogen (secondary N) is 1. The summed E-state index contributed by atoms with van der Waals surface area (Å²) in [6.45, 7) is 1.87. The number of halogens is 2. The Morgan fingerprint density at radius 1 is 1.25 bits per heavy atom. The van der Waals surface area contributed by atoms with E-state index in [1.165, 1.54) is 18.2 Å². The monoisotopic (exact) mass is 374 g/mol. The third-order valence-electron chi connectivity index (χ3n) is 2.68. The lowest BCUT2D eigenvalue weighted by atomic mass is 10.2. The highest BCUT2D eigenvalue weighted by molar-refractivity contribution is 9.10. The van der Waals surface area contributed by atoms with E-state index in [0.717, 1.165) is 5.56 Å². The minimum absolute atomic E-state index is 0.0122. The van der Waals surface area contributed by atoms with E-state index >= 15 is 0 Å². The number of rotatable bonds is 3. The van der Waals surface area contributed by atoms with Crippen molar-refractivity contribution in [2.24, 2.45) is 0 Å². The number of hydrogen-bond acceptors (Lipinski definition) is 3. The maximum Gasteiger partial charge on any atom is 0.263 e. The van der Waals surface area contributed by atoms with E-state index < -0.39 is 10.0 Å². The minimum atomic E-state index is -3.77. The van der Waals surface area contributed by atoms with Crippen molar-refractivity contribution < 1.29 is 8.42 Å². The van der Waals surface area contributed by atoms with Crippen molar-refractivity contribution in [3.63, 3.8) is 0 Å². The number of benzene rings is 2. The Morgan fingerprint density at radius 2 is 1.95 bits per heavy atom. The van der Waals surface area contributed by atoms with Crippen LogP contribution < -0.4 is 10.5 Å². The summed E-state index contributed by atoms with van der Waals surface area (Å²) in [5, 5.41) is 0.0845. The molecule has 0 aromatic heterocycles. The van der Waals surface area contributed by atoms with Crippen LogP contribution in [0.1, 0.15) is 5.56 Å². The van der Waals surface area contributed by atoms with Gasteiger partial charge >= 0.3 is 0 Å². The van der Waals surface area contributed by atoms with Crippen LogP contribution in [0.15, 0.2) is 45.8 Å². The molecular weight excluding hydrogens is 364 g/mol. The van der Waals surface area contributed by atoms with Crippen LogP contribution in [0.25, 0.3) is 0 Å². The van der Waals surface area contributed by atoms with Crippen molar-refractivity contribution in [3.05, 3.63) is 51.5 Å². The van der Waals surface area contributed by atoms with Gasteiger partial charge in [-0.05, 0) is 52.7 Å². The standard InChI is InChI=1S/C13H12BrClN2O2S/c1-8-3-2-4-11(13(8)14)17-20(18,19)12-6-5-9(16)7-10(12)15/h2-7,17H,16H2,1H3. The summed E-state index contributed by atoms with van der Waals surface area (Å²) in [6.07, 6.45) is 0. The summed E-state index contributed by atoms with van der Waals surface area (Å²) in [4.78, 5) is -0.0122. The van der Waals surface area contributed by atoms with Crippen LogP contribution in [-0.2, 0) is 10.0 Å². The first kappa shape index (κ1) is 15.2. The summed E-state index contributed by atoms with van der Waals surface area (Å²) in [5.41, 5.74) is 7.35. The average Bonchev–Trinajstić information content (AvgIpc) is 2.34. The Hall–Kier alpha value is -1.24. The second-order valence-corrected chi connectivity index (χ2v) is 7.08. The van der Waals surface area contributed by atoms with E-state index in [4.69, 9.17) is 17.3 Å². The molecule has 3 N–H and O–H groups in total. The molecule has 0 saturated carbocycles. The predicted molar refractivity (Wildman–Crippen MR) is 85.6 cm³/mol. The lowest BCUT2D eigenvalue weighted by Crippen LogP contribution is -2.14. The second kappa shape index (κ2) is 5.63. The second-order valence-electron chi connectivity index (χ2n) is 4.23. The number of hydrogen-bond donors (Lipinski definition) is 2. The van der Waals surface area contributed by atoms with Gasteiger partial charge in [-0.15, -0.1) is 0 Å². The first-order chi connectivity index (χ1) is 9.31. The molecule has 2 aromatic carbocycles. The maximum absolute atomic E-state index is 12.3. The zero-order valence-electron chi connectivity index (χ0n) is 10.5. The van der Waals surface area contributed by atoms with Gasteiger partial charge in [-0.3, -0.25) is 4.72 Å². The highest BCUT2D eigenvalue weighted by atomic mass is 79.9. The molecule has 20 heavy (non-hydrogen) atoms. The molecule has 0 radical (unpaired) electrons. The topological polar surface area (TPSA) is 72.2 Å². The van der Waals surface area contributed by atoms with Crippen LogP contribution in [-0.4, -0.2) is 8.42 Å². The number of nitrogens with two attached hydrogens (primary N) is 1. The van der Waals surface area contributed by atoms with E-state index in [1.54, 1.807) is 12.1 Å². The van der Waals surface area contributed by atoms with Gasteiger partial charge in [-0.2, -0.15) is 0 Å². The van der Waals surface area contributed by atoms with Gasteiger partial charge in [-0.1, -0.05) is 23.7 Å². The van der Waals surface area contributed by atoms with Crippen molar-refractivity contribution in [2.45, 2.75) is 11.8 Å². The fourth-order valence-corrected chi connectivity index (χ4v) is 3.78. The predicted octanol–water partition coefficient (Wildman–Crippen LogP) is 3.79. The summed E-state index contributed by atoms with van der Waals surface area (Å²) < 4.78 is 27.9. The van der Waals surface area contributed by atoms with Gasteiger partial charge in [0.15, 0.2) is 0 Å². The quantitative estimate of drug-likeness (QED) is 0.802. The van der Waals surface area contributed by atoms with E-state index in [0.29, 0.717) is 15.8 Å². The fraction of sp³-hybridized carbons (Fsp3) is 0.0769. The first-order valence-electron chi connectivity index (χ1n) is 5.64. The molecular formula is C13H12BrClN2O2S. The summed E-state index contributed by atoms with van der Waals surface area (Å²) in [5.74, 6) is 0. The molecule has 0 atom stereocenters. The van der Waals surface area contributed by atoms with Gasteiger partial charge in [0.05, 0.1) is 10.7 Å². The largest absolute Gasteiger partial charge is 0.399 e. The summed E-state index contributed by atoms with van der Waals surface area (Å²) in [6, 6.07) is 9.58. The zero-order chi connectivity index (χ0) is 14.9. The third-order valence-corrected chi connectivity index (χ3v) is 5.58. The van der Waals surface area contributed by atoms with E-state index in [-0.39, 0.29) is 9.92 Å². The fourth-order valence-electron chi connectivity index (χ4n) is 1.66. The zero-order valence-corrected chi connectivity index (χ0v) is 13.7. The van der Waals surface area contributed by atoms with Gasteiger partial charge in [0.25, 0.3) is 10.0 Å². The van der Waals surface area contributed by atoms with Crippen molar-refractivity contribution in [1.82, 2.24) is 0 Å². The molecule has 2 rings (SSSR count). The summed E-state index contributed by atoms with van der Waals surface area (Å²) >= 11 is 9.30. The Kier molecular flexibility index (Phi) is 4.27. The molecule has 0 aliphatic heterocycles. The lowest BCUT2D eigenvalue weighted by molar-refractivity contribution is 0.601. The van der Waals surface area contributed by atoms with Crippen LogP contribution in [0.3, 0.4) is 0 Å². The highest BCUT2D eigenvalue weighted by Gasteiger charge is 2.19. The van der Waals surface area contributed by atoms with Gasteiger partial charge in [0.2, 0.25) is 0 Å². The average molecular weight is 376 g/mol. The molecule has 0 aliphatic carbocycles. The van der Waals surface area contributed by atoms with Crippen LogP contribution >= 0.6 is 27.5 Å². The van der Waals surface area contributed by atoms with Crippen LogP contribution in [0.5, 0.6) is 0 Å². The van der Waals surface area contributed by atoms with Crippen molar-refractivity contribution >= 4 is 48.9 Å². The molecule has 0 spiro atoms. The van der Waals surface area contributed by atoms with Crippen LogP contribution in [0.2, 0.25) is 5.02 Å². The first-order valence-corrected chi connectivity index (χ1v) is 8.29. The molecule has 0 bridgehead atoms. The molecule has 106 valence electrons. The lowest BCUT2D eigenvalue weighted by Gasteiger charge is -2.12. The Bertz CT molecular complexity index is 763. The van der Waals surface area contributed by atoms with E-state index in [1.807, 2.05) is 13.0 Å². The normalized spacial score (nSPS) is 11.3. The van der Waals surface area contributed by atoms with Gasteiger partial charge in [0, 0.05) is 10.2 Å². The highest BCUT2D eigenvalue weighted by Crippen LogP contribution is 2.30. The molecule has 7 heteroatoms. The van der Waals surface area contributed by atoms with Gasteiger partial charge < -0.3 is 5.73 Å². The molecule has 4 nitrogen and oxygen atoms in total. The molecule has 0 amide bonds. The smallest absolute Gasteiger partial charge is 0.263 e. The van der Waals surface area contributed by atoms with E-state index in [9.17, 15) is 8.42 Å². The summed E-state index contributed by atoms with van der Waals surface area (Å²) in [7, 11) is -3.77. The van der Waals surface area contributed by atoms with Crippen molar-refractivity contribution in [1.29, 1.82) is 0 Å². The number of anilines is 2. The molecule has 2 aromatic rings. The molecule has 0 saturated heterocycles. The van der Waals surface area contributed by atoms with Crippen molar-refractivity contribution in [3.8, 4) is 0 Å². The van der Waals surface area contributed by atoms with Gasteiger partial charge in [-0.25, -0.2) is 8.42 Å². The van der Waals surface area contributed by atoms with Crippen LogP contribution in [0, 0.1) is 6.92 Å². The van der Waals surface area contributed by atoms with E-state index in [2.05, 4.69) is 20.7 Å². The number of nitrogen functional groups attached to an aromatic ring is 1. The minimum Gasteiger partial charge on any atom is -0.399 e. The van der Waals surface area contributed by atoms with Crippen LogP contribution in [0.4, 0.5) is 11.4 Å². The molecule has 0 heterocycles. The maximum atomic E-state index is 12.3. The third kappa shape index (κ3) is 3.08. The Balaban J connectivity index is 2.44.